The van der Waals surface area contributed by atoms with E-state index in [2.05, 4.69) is 13.8 Å². The second-order valence-electron chi connectivity index (χ2n) is 12.9. The average Bonchev–Trinajstić information content (AvgIpc) is 2.83. The molecule has 0 bridgehead atoms. The van der Waals surface area contributed by atoms with Crippen LogP contribution in [0.2, 0.25) is 0 Å². The van der Waals surface area contributed by atoms with E-state index in [1.54, 1.807) is 0 Å². The monoisotopic (exact) mass is 654 g/mol. The maximum atomic E-state index is 12.9. The lowest BCUT2D eigenvalue weighted by Gasteiger charge is -2.67. The molecule has 43 heavy (non-hydrogen) atoms. The molecule has 4 saturated heterocycles. The van der Waals surface area contributed by atoms with Gasteiger partial charge < -0.3 is 23.7 Å². The van der Waals surface area contributed by atoms with Crippen LogP contribution < -0.4 is 0 Å². The van der Waals surface area contributed by atoms with Crippen LogP contribution in [0.1, 0.15) is 129 Å². The van der Waals surface area contributed by atoms with Crippen LogP contribution in [0.25, 0.3) is 0 Å². The Bertz CT molecular complexity index is 1010. The van der Waals surface area contributed by atoms with E-state index in [1.807, 2.05) is 0 Å². The lowest BCUT2D eigenvalue weighted by Crippen LogP contribution is -2.82. The molecule has 0 amide bonds. The molecule has 252 valence electrons. The van der Waals surface area contributed by atoms with Gasteiger partial charge in [-0.1, -0.05) is 90.9 Å². The lowest BCUT2D eigenvalue weighted by atomic mass is 9.73. The fourth-order valence-corrected chi connectivity index (χ4v) is 10.2. The molecule has 6 atom stereocenters. The second kappa shape index (κ2) is 14.6. The molecule has 4 aliphatic rings. The number of hydrogen-bond donors (Lipinski definition) is 2. The first kappa shape index (κ1) is 35.5. The molecule has 4 aliphatic heterocycles. The van der Waals surface area contributed by atoms with Gasteiger partial charge in [0.1, 0.15) is 21.7 Å². The van der Waals surface area contributed by atoms with Crippen molar-refractivity contribution in [2.45, 2.75) is 163 Å². The predicted molar refractivity (Wildman–Crippen MR) is 161 cm³/mol. The van der Waals surface area contributed by atoms with Crippen molar-refractivity contribution in [1.29, 1.82) is 0 Å². The van der Waals surface area contributed by atoms with Crippen LogP contribution >= 0.6 is 0 Å². The zero-order valence-electron chi connectivity index (χ0n) is 26.1. The molecular weight excluding hydrogens is 600 g/mol. The maximum absolute atomic E-state index is 12.9. The summed E-state index contributed by atoms with van der Waals surface area (Å²) in [5.41, 5.74) is -2.96. The SMILES string of the molecule is CCCCCCCCC(C1(C2(OC3(C4(C(CCCCCCCC)S(=O)(=O)O)CCO4)CCO3)CCO2)CCO1)S(=O)(=O)O. The first-order chi connectivity index (χ1) is 20.4. The largest absolute Gasteiger partial charge is 0.368 e. The summed E-state index contributed by atoms with van der Waals surface area (Å²) in [5.74, 6) is -3.16. The Kier molecular flexibility index (Phi) is 12.0. The van der Waals surface area contributed by atoms with Crippen molar-refractivity contribution in [3.8, 4) is 0 Å². The van der Waals surface area contributed by atoms with E-state index in [1.165, 1.54) is 0 Å². The third-order valence-corrected chi connectivity index (χ3v) is 12.9. The van der Waals surface area contributed by atoms with Crippen LogP contribution in [-0.4, -0.2) is 85.6 Å². The Balaban J connectivity index is 1.58. The minimum Gasteiger partial charge on any atom is -0.368 e. The Morgan fingerprint density at radius 2 is 0.860 bits per heavy atom. The van der Waals surface area contributed by atoms with Gasteiger partial charge >= 0.3 is 0 Å². The highest BCUT2D eigenvalue weighted by Gasteiger charge is 2.76. The van der Waals surface area contributed by atoms with E-state index in [0.29, 0.717) is 12.8 Å². The van der Waals surface area contributed by atoms with Crippen LogP contribution in [0.3, 0.4) is 0 Å². The van der Waals surface area contributed by atoms with E-state index in [0.717, 1.165) is 64.2 Å². The van der Waals surface area contributed by atoms with Gasteiger partial charge in [0.2, 0.25) is 11.6 Å². The summed E-state index contributed by atoms with van der Waals surface area (Å²) < 4.78 is 104. The molecule has 4 rings (SSSR count). The van der Waals surface area contributed by atoms with Crippen molar-refractivity contribution in [3.63, 3.8) is 0 Å². The van der Waals surface area contributed by atoms with Gasteiger partial charge in [-0.2, -0.15) is 16.8 Å². The molecule has 0 aromatic rings. The summed E-state index contributed by atoms with van der Waals surface area (Å²) >= 11 is 0. The van der Waals surface area contributed by atoms with Crippen molar-refractivity contribution in [2.24, 2.45) is 0 Å². The van der Waals surface area contributed by atoms with Crippen molar-refractivity contribution in [2.75, 3.05) is 26.4 Å². The maximum Gasteiger partial charge on any atom is 0.270 e. The fraction of sp³-hybridized carbons (Fsp3) is 1.00. The third kappa shape index (κ3) is 7.15. The molecule has 0 spiro atoms. The molecular formula is C30H54O11S2. The summed E-state index contributed by atoms with van der Waals surface area (Å²) in [4.78, 5) is 0. The molecule has 4 fully saturated rings. The van der Waals surface area contributed by atoms with Crippen molar-refractivity contribution in [1.82, 2.24) is 0 Å². The van der Waals surface area contributed by atoms with Crippen LogP contribution in [0, 0.1) is 0 Å². The molecule has 11 nitrogen and oxygen atoms in total. The molecule has 6 unspecified atom stereocenters. The van der Waals surface area contributed by atoms with Crippen LogP contribution in [-0.2, 0) is 43.9 Å². The minimum absolute atomic E-state index is 0.181. The highest BCUT2D eigenvalue weighted by molar-refractivity contribution is 7.86. The minimum atomic E-state index is -4.57. The number of unbranched alkanes of at least 4 members (excludes halogenated alkanes) is 10. The van der Waals surface area contributed by atoms with Crippen LogP contribution in [0.5, 0.6) is 0 Å². The van der Waals surface area contributed by atoms with E-state index in [-0.39, 0.29) is 65.0 Å². The molecule has 13 heteroatoms. The zero-order valence-corrected chi connectivity index (χ0v) is 27.7. The Labute approximate surface area is 258 Å². The van der Waals surface area contributed by atoms with Gasteiger partial charge in [0.25, 0.3) is 20.2 Å². The first-order valence-electron chi connectivity index (χ1n) is 16.6. The van der Waals surface area contributed by atoms with E-state index in [9.17, 15) is 25.9 Å². The standard InChI is InChI=1S/C30H54O11S2/c1-3-5-7-9-11-13-15-25(42(31,32)33)27(17-21-37-27)29(19-23-39-29)41-30(20-24-40-30)28(18-22-38-28)26(43(34,35)36)16-14-12-10-8-6-4-2/h25-26H,3-24H2,1-2H3,(H,31,32,33)(H,34,35,36). The highest BCUT2D eigenvalue weighted by Crippen LogP contribution is 2.59. The molecule has 2 N–H and O–H groups in total. The first-order valence-corrected chi connectivity index (χ1v) is 19.6. The molecule has 4 heterocycles. The third-order valence-electron chi connectivity index (χ3n) is 10.2. The smallest absolute Gasteiger partial charge is 0.270 e. The van der Waals surface area contributed by atoms with E-state index < -0.39 is 53.5 Å². The summed E-state index contributed by atoms with van der Waals surface area (Å²) in [6.45, 7) is 5.38. The van der Waals surface area contributed by atoms with Crippen molar-refractivity contribution in [3.05, 3.63) is 0 Å². The van der Waals surface area contributed by atoms with Crippen LogP contribution in [0.4, 0.5) is 0 Å². The van der Waals surface area contributed by atoms with E-state index >= 15 is 0 Å². The number of ether oxygens (including phenoxy) is 5. The zero-order chi connectivity index (χ0) is 31.2. The van der Waals surface area contributed by atoms with Gasteiger partial charge in [-0.3, -0.25) is 9.11 Å². The fourth-order valence-electron chi connectivity index (χ4n) is 7.55. The molecule has 0 aromatic heterocycles. The van der Waals surface area contributed by atoms with Crippen molar-refractivity contribution >= 4 is 20.2 Å². The molecule has 0 saturated carbocycles. The van der Waals surface area contributed by atoms with Gasteiger partial charge in [-0.15, -0.1) is 0 Å². The summed E-state index contributed by atoms with van der Waals surface area (Å²) in [7, 11) is -9.13. The Morgan fingerprint density at radius 3 is 1.09 bits per heavy atom. The molecule has 0 aliphatic carbocycles. The predicted octanol–water partition coefficient (Wildman–Crippen LogP) is 5.57. The van der Waals surface area contributed by atoms with Crippen molar-refractivity contribution < 1.29 is 49.6 Å². The molecule has 0 aromatic carbocycles. The van der Waals surface area contributed by atoms with E-state index in [4.69, 9.17) is 23.7 Å². The van der Waals surface area contributed by atoms with Gasteiger partial charge in [0.05, 0.1) is 26.4 Å². The normalized spacial score (nSPS) is 34.0. The second-order valence-corrected chi connectivity index (χ2v) is 16.1. The topological polar surface area (TPSA) is 155 Å². The molecule has 0 radical (unpaired) electrons. The highest BCUT2D eigenvalue weighted by atomic mass is 32.2. The Morgan fingerprint density at radius 1 is 0.558 bits per heavy atom. The van der Waals surface area contributed by atoms with Crippen LogP contribution in [0.15, 0.2) is 0 Å². The lowest BCUT2D eigenvalue weighted by molar-refractivity contribution is -0.516. The number of hydrogen-bond acceptors (Lipinski definition) is 9. The van der Waals surface area contributed by atoms with Gasteiger partial charge in [0.15, 0.2) is 0 Å². The summed E-state index contributed by atoms with van der Waals surface area (Å²) in [6.07, 6.45) is 12.9. The van der Waals surface area contributed by atoms with Gasteiger partial charge in [-0.25, -0.2) is 0 Å². The average molecular weight is 655 g/mol. The quantitative estimate of drug-likeness (QED) is 0.111. The summed E-state index contributed by atoms with van der Waals surface area (Å²) in [6, 6.07) is 0. The number of rotatable bonds is 22. The summed E-state index contributed by atoms with van der Waals surface area (Å²) in [5, 5.41) is -2.56. The van der Waals surface area contributed by atoms with Gasteiger partial charge in [0, 0.05) is 25.7 Å². The van der Waals surface area contributed by atoms with Gasteiger partial charge in [-0.05, 0) is 12.8 Å². The Hall–Kier alpha value is -0.380.